The molecule has 7 nitrogen and oxygen atoms in total. The van der Waals surface area contributed by atoms with Gasteiger partial charge in [-0.05, 0) is 30.7 Å². The number of amides is 1. The SMILES string of the molecule is Cc1ccccc1OCCOc1ccc([N+](=O)[O-])cc1/C=C1/SC(=S)N(C)C1=O. The maximum Gasteiger partial charge on any atom is 0.270 e. The Morgan fingerprint density at radius 1 is 1.17 bits per heavy atom. The van der Waals surface area contributed by atoms with E-state index in [1.165, 1.54) is 23.1 Å². The van der Waals surface area contributed by atoms with E-state index in [0.29, 0.717) is 27.1 Å². The minimum absolute atomic E-state index is 0.0910. The molecule has 1 aliphatic rings. The van der Waals surface area contributed by atoms with Gasteiger partial charge in [0, 0.05) is 24.7 Å². The normalized spacial score (nSPS) is 15.1. The first-order valence-corrected chi connectivity index (χ1v) is 9.90. The molecule has 0 spiro atoms. The van der Waals surface area contributed by atoms with Crippen molar-refractivity contribution in [2.75, 3.05) is 20.3 Å². The van der Waals surface area contributed by atoms with Gasteiger partial charge in [-0.25, -0.2) is 0 Å². The van der Waals surface area contributed by atoms with Crippen molar-refractivity contribution >= 4 is 46.0 Å². The number of carbonyl (C=O) groups excluding carboxylic acids is 1. The van der Waals surface area contributed by atoms with Gasteiger partial charge in [0.05, 0.1) is 9.83 Å². The number of nitro benzene ring substituents is 1. The number of para-hydroxylation sites is 1. The van der Waals surface area contributed by atoms with Gasteiger partial charge in [0.1, 0.15) is 29.0 Å². The van der Waals surface area contributed by atoms with Crippen molar-refractivity contribution < 1.29 is 19.2 Å². The molecule has 0 saturated carbocycles. The van der Waals surface area contributed by atoms with Crippen LogP contribution in [0.2, 0.25) is 0 Å². The fourth-order valence-electron chi connectivity index (χ4n) is 2.60. The molecule has 1 saturated heterocycles. The molecular weight excluding hydrogens is 412 g/mol. The lowest BCUT2D eigenvalue weighted by Gasteiger charge is -2.12. The molecule has 1 amide bonds. The molecule has 0 unspecified atom stereocenters. The standard InChI is InChI=1S/C20H18N2O5S2/c1-13-5-3-4-6-16(13)26-9-10-27-17-8-7-15(22(24)25)11-14(17)12-18-19(23)21(2)20(28)29-18/h3-8,11-12H,9-10H2,1-2H3/b18-12+. The Bertz CT molecular complexity index is 1010. The Morgan fingerprint density at radius 3 is 2.48 bits per heavy atom. The quantitative estimate of drug-likeness (QED) is 0.214. The van der Waals surface area contributed by atoms with E-state index in [1.807, 2.05) is 31.2 Å². The van der Waals surface area contributed by atoms with Gasteiger partial charge in [-0.15, -0.1) is 0 Å². The van der Waals surface area contributed by atoms with Crippen LogP contribution in [0.3, 0.4) is 0 Å². The van der Waals surface area contributed by atoms with Crippen molar-refractivity contribution in [1.82, 2.24) is 4.90 Å². The number of hydrogen-bond acceptors (Lipinski definition) is 7. The Hall–Kier alpha value is -2.91. The molecule has 0 atom stereocenters. The summed E-state index contributed by atoms with van der Waals surface area (Å²) in [5.74, 6) is 0.942. The lowest BCUT2D eigenvalue weighted by Crippen LogP contribution is -2.22. The summed E-state index contributed by atoms with van der Waals surface area (Å²) in [4.78, 5) is 24.7. The maximum atomic E-state index is 12.3. The Labute approximate surface area is 177 Å². The highest BCUT2D eigenvalue weighted by molar-refractivity contribution is 8.26. The van der Waals surface area contributed by atoms with Crippen molar-refractivity contribution in [3.8, 4) is 11.5 Å². The summed E-state index contributed by atoms with van der Waals surface area (Å²) in [6.07, 6.45) is 1.56. The molecule has 0 aliphatic carbocycles. The molecule has 2 aromatic carbocycles. The molecular formula is C20H18N2O5S2. The van der Waals surface area contributed by atoms with E-state index in [2.05, 4.69) is 0 Å². The van der Waals surface area contributed by atoms with E-state index >= 15 is 0 Å². The van der Waals surface area contributed by atoms with Crippen LogP contribution in [0.1, 0.15) is 11.1 Å². The summed E-state index contributed by atoms with van der Waals surface area (Å²) in [6.45, 7) is 2.49. The van der Waals surface area contributed by atoms with Gasteiger partial charge in [-0.2, -0.15) is 0 Å². The van der Waals surface area contributed by atoms with Crippen LogP contribution >= 0.6 is 24.0 Å². The average Bonchev–Trinajstić information content (AvgIpc) is 2.94. The highest BCUT2D eigenvalue weighted by Crippen LogP contribution is 2.34. The molecule has 3 rings (SSSR count). The second-order valence-corrected chi connectivity index (χ2v) is 7.86. The van der Waals surface area contributed by atoms with Crippen LogP contribution in [-0.2, 0) is 4.79 Å². The van der Waals surface area contributed by atoms with Crippen molar-refractivity contribution in [1.29, 1.82) is 0 Å². The number of nitro groups is 1. The summed E-state index contributed by atoms with van der Waals surface area (Å²) in [5.41, 5.74) is 1.36. The van der Waals surface area contributed by atoms with Crippen LogP contribution in [0.15, 0.2) is 47.4 Å². The second kappa shape index (κ2) is 9.06. The summed E-state index contributed by atoms with van der Waals surface area (Å²) in [5, 5.41) is 11.1. The van der Waals surface area contributed by atoms with E-state index in [-0.39, 0.29) is 18.2 Å². The number of non-ortho nitro benzene ring substituents is 1. The number of thiocarbonyl (C=S) groups is 1. The molecule has 29 heavy (non-hydrogen) atoms. The molecule has 0 N–H and O–H groups in total. The van der Waals surface area contributed by atoms with Crippen LogP contribution in [0.25, 0.3) is 6.08 Å². The molecule has 2 aromatic rings. The molecule has 0 bridgehead atoms. The predicted octanol–water partition coefficient (Wildman–Crippen LogP) is 4.19. The fourth-order valence-corrected chi connectivity index (χ4v) is 3.77. The number of likely N-dealkylation sites (N-methyl/N-ethyl adjacent to an activating group) is 1. The zero-order valence-electron chi connectivity index (χ0n) is 15.8. The highest BCUT2D eigenvalue weighted by Gasteiger charge is 2.29. The minimum atomic E-state index is -0.493. The first-order valence-electron chi connectivity index (χ1n) is 8.68. The third-order valence-corrected chi connectivity index (χ3v) is 5.65. The molecule has 1 heterocycles. The number of thioether (sulfide) groups is 1. The minimum Gasteiger partial charge on any atom is -0.490 e. The predicted molar refractivity (Wildman–Crippen MR) is 116 cm³/mol. The van der Waals surface area contributed by atoms with Crippen molar-refractivity contribution in [2.45, 2.75) is 6.92 Å². The number of nitrogens with zero attached hydrogens (tertiary/aromatic N) is 2. The molecule has 1 aliphatic heterocycles. The first kappa shape index (κ1) is 20.8. The molecule has 1 fully saturated rings. The van der Waals surface area contributed by atoms with E-state index < -0.39 is 4.92 Å². The maximum absolute atomic E-state index is 12.3. The summed E-state index contributed by atoms with van der Waals surface area (Å²) in [7, 11) is 1.59. The molecule has 0 aromatic heterocycles. The van der Waals surface area contributed by atoms with Crippen molar-refractivity contribution in [3.05, 3.63) is 68.6 Å². The second-order valence-electron chi connectivity index (χ2n) is 6.18. The highest BCUT2D eigenvalue weighted by atomic mass is 32.2. The Balaban J connectivity index is 1.76. The van der Waals surface area contributed by atoms with Crippen molar-refractivity contribution in [2.24, 2.45) is 0 Å². The first-order chi connectivity index (χ1) is 13.9. The third kappa shape index (κ3) is 4.93. The Kier molecular flexibility index (Phi) is 6.50. The van der Waals surface area contributed by atoms with Gasteiger partial charge in [0.15, 0.2) is 0 Å². The number of aryl methyl sites for hydroxylation is 1. The number of benzene rings is 2. The fraction of sp³-hybridized carbons (Fsp3) is 0.200. The smallest absolute Gasteiger partial charge is 0.270 e. The van der Waals surface area contributed by atoms with Crippen LogP contribution < -0.4 is 9.47 Å². The summed E-state index contributed by atoms with van der Waals surface area (Å²) in [6, 6.07) is 11.9. The Morgan fingerprint density at radius 2 is 1.86 bits per heavy atom. The van der Waals surface area contributed by atoms with Gasteiger partial charge in [-0.3, -0.25) is 19.8 Å². The number of hydrogen-bond donors (Lipinski definition) is 0. The molecule has 9 heteroatoms. The van der Waals surface area contributed by atoms with E-state index in [0.717, 1.165) is 23.1 Å². The van der Waals surface area contributed by atoms with Crippen molar-refractivity contribution in [3.63, 3.8) is 0 Å². The van der Waals surface area contributed by atoms with Crippen LogP contribution in [0, 0.1) is 17.0 Å². The summed E-state index contributed by atoms with van der Waals surface area (Å²) < 4.78 is 11.9. The average molecular weight is 431 g/mol. The van der Waals surface area contributed by atoms with E-state index in [1.54, 1.807) is 13.1 Å². The number of carbonyl (C=O) groups is 1. The van der Waals surface area contributed by atoms with Gasteiger partial charge in [0.2, 0.25) is 0 Å². The van der Waals surface area contributed by atoms with Gasteiger partial charge in [-0.1, -0.05) is 42.2 Å². The lowest BCUT2D eigenvalue weighted by molar-refractivity contribution is -0.384. The van der Waals surface area contributed by atoms with Crippen LogP contribution in [-0.4, -0.2) is 40.3 Å². The van der Waals surface area contributed by atoms with E-state index in [4.69, 9.17) is 21.7 Å². The monoisotopic (exact) mass is 430 g/mol. The van der Waals surface area contributed by atoms with Crippen LogP contribution in [0.5, 0.6) is 11.5 Å². The number of rotatable bonds is 7. The van der Waals surface area contributed by atoms with Gasteiger partial charge >= 0.3 is 0 Å². The zero-order chi connectivity index (χ0) is 21.0. The topological polar surface area (TPSA) is 81.9 Å². The van der Waals surface area contributed by atoms with Gasteiger partial charge in [0.25, 0.3) is 11.6 Å². The summed E-state index contributed by atoms with van der Waals surface area (Å²) >= 11 is 6.27. The number of ether oxygens (including phenoxy) is 2. The molecule has 0 radical (unpaired) electrons. The van der Waals surface area contributed by atoms with Crippen LogP contribution in [0.4, 0.5) is 5.69 Å². The zero-order valence-corrected chi connectivity index (χ0v) is 17.4. The van der Waals surface area contributed by atoms with Gasteiger partial charge < -0.3 is 9.47 Å². The third-order valence-electron chi connectivity index (χ3n) is 4.17. The van der Waals surface area contributed by atoms with E-state index in [9.17, 15) is 14.9 Å². The molecule has 150 valence electrons. The largest absolute Gasteiger partial charge is 0.490 e. The lowest BCUT2D eigenvalue weighted by atomic mass is 10.1.